The molecule has 3 heteroatoms. The van der Waals surface area contributed by atoms with Crippen molar-refractivity contribution in [3.63, 3.8) is 0 Å². The number of aliphatic hydroxyl groups is 1. The van der Waals surface area contributed by atoms with Gasteiger partial charge in [-0.1, -0.05) is 6.08 Å². The van der Waals surface area contributed by atoms with Crippen LogP contribution in [0.3, 0.4) is 0 Å². The lowest BCUT2D eigenvalue weighted by atomic mass is 10.1. The first-order valence-electron chi connectivity index (χ1n) is 3.90. The molecule has 2 heterocycles. The first kappa shape index (κ1) is 7.00. The molecule has 0 unspecified atom stereocenters. The fourth-order valence-electron chi connectivity index (χ4n) is 1.94. The Hall–Kier alpha value is -0.670. The van der Waals surface area contributed by atoms with E-state index in [-0.39, 0.29) is 12.1 Å². The number of carbonyl (C=O) groups excluding carboxylic acids is 1. The van der Waals surface area contributed by atoms with Crippen molar-refractivity contribution in [2.45, 2.75) is 18.6 Å². The summed E-state index contributed by atoms with van der Waals surface area (Å²) in [6, 6.07) is 0.00694. The standard InChI is InChI=1S/C8H11NO2/c10-5-6-1-3-9-4-2-7(11)8(6)9/h1,5,7-8,11H,2-4H2/t7-,8-/m1/s1. The maximum atomic E-state index is 10.5. The van der Waals surface area contributed by atoms with Crippen LogP contribution in [0, 0.1) is 0 Å². The second kappa shape index (κ2) is 2.43. The lowest BCUT2D eigenvalue weighted by Gasteiger charge is -2.17. The molecule has 1 fully saturated rings. The number of aliphatic hydroxyl groups excluding tert-OH is 1. The van der Waals surface area contributed by atoms with E-state index in [4.69, 9.17) is 0 Å². The van der Waals surface area contributed by atoms with E-state index in [9.17, 15) is 9.90 Å². The van der Waals surface area contributed by atoms with Gasteiger partial charge < -0.3 is 5.11 Å². The molecule has 0 amide bonds. The van der Waals surface area contributed by atoms with Crippen LogP contribution in [0.15, 0.2) is 11.6 Å². The summed E-state index contributed by atoms with van der Waals surface area (Å²) in [5, 5.41) is 9.46. The van der Waals surface area contributed by atoms with E-state index in [2.05, 4.69) is 4.90 Å². The number of hydrogen-bond acceptors (Lipinski definition) is 3. The van der Waals surface area contributed by atoms with Gasteiger partial charge in [-0.3, -0.25) is 9.69 Å². The lowest BCUT2D eigenvalue weighted by molar-refractivity contribution is -0.105. The molecule has 11 heavy (non-hydrogen) atoms. The van der Waals surface area contributed by atoms with Crippen LogP contribution in [0.5, 0.6) is 0 Å². The fourth-order valence-corrected chi connectivity index (χ4v) is 1.94. The summed E-state index contributed by atoms with van der Waals surface area (Å²) in [6.07, 6.45) is 3.24. The lowest BCUT2D eigenvalue weighted by Crippen LogP contribution is -2.32. The normalized spacial score (nSPS) is 37.0. The molecule has 0 aromatic rings. The number of aldehydes is 1. The van der Waals surface area contributed by atoms with Crippen LogP contribution < -0.4 is 0 Å². The summed E-state index contributed by atoms with van der Waals surface area (Å²) in [6.45, 7) is 1.75. The Morgan fingerprint density at radius 1 is 1.73 bits per heavy atom. The zero-order valence-corrected chi connectivity index (χ0v) is 6.23. The summed E-state index contributed by atoms with van der Waals surface area (Å²) < 4.78 is 0. The molecule has 60 valence electrons. The van der Waals surface area contributed by atoms with Crippen molar-refractivity contribution in [1.82, 2.24) is 4.90 Å². The van der Waals surface area contributed by atoms with Gasteiger partial charge in [-0.05, 0) is 6.42 Å². The predicted molar refractivity (Wildman–Crippen MR) is 40.1 cm³/mol. The van der Waals surface area contributed by atoms with Crippen molar-refractivity contribution < 1.29 is 9.90 Å². The predicted octanol–water partition coefficient (Wildman–Crippen LogP) is -0.440. The van der Waals surface area contributed by atoms with Gasteiger partial charge in [-0.25, -0.2) is 0 Å². The Balaban J connectivity index is 2.21. The van der Waals surface area contributed by atoms with Crippen LogP contribution in [-0.2, 0) is 4.79 Å². The highest BCUT2D eigenvalue weighted by Gasteiger charge is 2.37. The number of carbonyl (C=O) groups is 1. The van der Waals surface area contributed by atoms with Crippen LogP contribution in [0.25, 0.3) is 0 Å². The Bertz CT molecular complexity index is 212. The third kappa shape index (κ3) is 0.921. The third-order valence-electron chi connectivity index (χ3n) is 2.51. The van der Waals surface area contributed by atoms with Crippen LogP contribution in [0.1, 0.15) is 6.42 Å². The van der Waals surface area contributed by atoms with Gasteiger partial charge >= 0.3 is 0 Å². The molecule has 0 bridgehead atoms. The number of hydrogen-bond donors (Lipinski definition) is 1. The Labute approximate surface area is 65.3 Å². The SMILES string of the molecule is O=CC1=CCN2CC[C@@H](O)[C@@H]12. The molecule has 1 saturated heterocycles. The number of nitrogens with zero attached hydrogens (tertiary/aromatic N) is 1. The van der Waals surface area contributed by atoms with Gasteiger partial charge in [0.05, 0.1) is 12.1 Å². The molecule has 2 rings (SSSR count). The molecule has 0 radical (unpaired) electrons. The Kier molecular flexibility index (Phi) is 1.55. The van der Waals surface area contributed by atoms with Crippen molar-refractivity contribution in [1.29, 1.82) is 0 Å². The average Bonchev–Trinajstić information content (AvgIpc) is 2.54. The molecule has 0 aliphatic carbocycles. The van der Waals surface area contributed by atoms with E-state index in [1.54, 1.807) is 0 Å². The van der Waals surface area contributed by atoms with Crippen molar-refractivity contribution in [2.24, 2.45) is 0 Å². The molecule has 3 nitrogen and oxygen atoms in total. The molecule has 0 spiro atoms. The second-order valence-electron chi connectivity index (χ2n) is 3.12. The second-order valence-corrected chi connectivity index (χ2v) is 3.12. The van der Waals surface area contributed by atoms with Crippen molar-refractivity contribution in [3.05, 3.63) is 11.6 Å². The molecule has 2 aliphatic heterocycles. The zero-order chi connectivity index (χ0) is 7.84. The van der Waals surface area contributed by atoms with Gasteiger partial charge in [-0.15, -0.1) is 0 Å². The van der Waals surface area contributed by atoms with Crippen LogP contribution >= 0.6 is 0 Å². The largest absolute Gasteiger partial charge is 0.391 e. The minimum absolute atomic E-state index is 0.00694. The van der Waals surface area contributed by atoms with E-state index >= 15 is 0 Å². The molecule has 2 aliphatic rings. The summed E-state index contributed by atoms with van der Waals surface area (Å²) in [4.78, 5) is 12.6. The summed E-state index contributed by atoms with van der Waals surface area (Å²) in [5.74, 6) is 0. The van der Waals surface area contributed by atoms with Crippen LogP contribution in [0.2, 0.25) is 0 Å². The van der Waals surface area contributed by atoms with Crippen LogP contribution in [0.4, 0.5) is 0 Å². The first-order valence-corrected chi connectivity index (χ1v) is 3.90. The summed E-state index contributed by atoms with van der Waals surface area (Å²) >= 11 is 0. The monoisotopic (exact) mass is 153 g/mol. The zero-order valence-electron chi connectivity index (χ0n) is 6.23. The molecule has 1 N–H and O–H groups in total. The van der Waals surface area contributed by atoms with Gasteiger partial charge in [0.15, 0.2) is 0 Å². The third-order valence-corrected chi connectivity index (χ3v) is 2.51. The topological polar surface area (TPSA) is 40.5 Å². The van der Waals surface area contributed by atoms with E-state index in [1.165, 1.54) is 0 Å². The molecule has 2 atom stereocenters. The van der Waals surface area contributed by atoms with Crippen LogP contribution in [-0.4, -0.2) is 41.5 Å². The smallest absolute Gasteiger partial charge is 0.147 e. The van der Waals surface area contributed by atoms with Gasteiger partial charge in [0, 0.05) is 18.7 Å². The highest BCUT2D eigenvalue weighted by Crippen LogP contribution is 2.27. The highest BCUT2D eigenvalue weighted by molar-refractivity contribution is 5.76. The molecular formula is C8H11NO2. The van der Waals surface area contributed by atoms with E-state index in [1.807, 2.05) is 6.08 Å². The highest BCUT2D eigenvalue weighted by atomic mass is 16.3. The van der Waals surface area contributed by atoms with Gasteiger partial charge in [0.2, 0.25) is 0 Å². The molecule has 0 aromatic carbocycles. The van der Waals surface area contributed by atoms with E-state index < -0.39 is 0 Å². The van der Waals surface area contributed by atoms with Crippen molar-refractivity contribution in [3.8, 4) is 0 Å². The fraction of sp³-hybridized carbons (Fsp3) is 0.625. The summed E-state index contributed by atoms with van der Waals surface area (Å²) in [7, 11) is 0. The van der Waals surface area contributed by atoms with Crippen molar-refractivity contribution >= 4 is 6.29 Å². The average molecular weight is 153 g/mol. The molecular weight excluding hydrogens is 142 g/mol. The van der Waals surface area contributed by atoms with E-state index in [0.717, 1.165) is 31.4 Å². The Morgan fingerprint density at radius 3 is 3.27 bits per heavy atom. The minimum atomic E-state index is -0.325. The van der Waals surface area contributed by atoms with Gasteiger partial charge in [0.25, 0.3) is 0 Å². The molecule has 0 saturated carbocycles. The quantitative estimate of drug-likeness (QED) is 0.519. The minimum Gasteiger partial charge on any atom is -0.391 e. The van der Waals surface area contributed by atoms with Crippen molar-refractivity contribution in [2.75, 3.05) is 13.1 Å². The molecule has 0 aromatic heterocycles. The summed E-state index contributed by atoms with van der Waals surface area (Å²) in [5.41, 5.74) is 0.759. The first-order chi connectivity index (χ1) is 5.33. The maximum absolute atomic E-state index is 10.5. The van der Waals surface area contributed by atoms with Gasteiger partial charge in [0.1, 0.15) is 6.29 Å². The maximum Gasteiger partial charge on any atom is 0.147 e. The number of fused-ring (bicyclic) bond motifs is 1. The van der Waals surface area contributed by atoms with E-state index in [0.29, 0.717) is 0 Å². The number of rotatable bonds is 1. The Morgan fingerprint density at radius 2 is 2.55 bits per heavy atom. The van der Waals surface area contributed by atoms with Gasteiger partial charge in [-0.2, -0.15) is 0 Å².